The van der Waals surface area contributed by atoms with Crippen molar-refractivity contribution in [3.05, 3.63) is 59.0 Å². The van der Waals surface area contributed by atoms with Crippen LogP contribution in [0.1, 0.15) is 5.56 Å². The van der Waals surface area contributed by atoms with E-state index >= 15 is 0 Å². The summed E-state index contributed by atoms with van der Waals surface area (Å²) in [6.45, 7) is -0.228. The lowest BCUT2D eigenvalue weighted by molar-refractivity contribution is -0.127. The molecule has 1 saturated heterocycles. The van der Waals surface area contributed by atoms with Crippen molar-refractivity contribution < 1.29 is 23.9 Å². The van der Waals surface area contributed by atoms with Crippen molar-refractivity contribution in [3.63, 3.8) is 0 Å². The highest BCUT2D eigenvalue weighted by Gasteiger charge is 2.36. The van der Waals surface area contributed by atoms with E-state index in [4.69, 9.17) is 15.9 Å². The molecule has 0 unspecified atom stereocenters. The van der Waals surface area contributed by atoms with Crippen molar-refractivity contribution in [3.8, 4) is 23.8 Å². The van der Waals surface area contributed by atoms with Crippen molar-refractivity contribution in [1.29, 1.82) is 0 Å². The molecule has 0 aromatic heterocycles. The third-order valence-corrected chi connectivity index (χ3v) is 4.96. The number of nitrogens with one attached hydrogen (secondary N) is 1. The van der Waals surface area contributed by atoms with Crippen LogP contribution in [0.15, 0.2) is 53.4 Å². The number of hydrogen-bond acceptors (Lipinski definition) is 6. The lowest BCUT2D eigenvalue weighted by atomic mass is 10.2. The topological polar surface area (TPSA) is 84.9 Å². The lowest BCUT2D eigenvalue weighted by Crippen LogP contribution is -2.36. The number of terminal acetylenes is 1. The van der Waals surface area contributed by atoms with Crippen molar-refractivity contribution in [2.75, 3.05) is 25.6 Å². The summed E-state index contributed by atoms with van der Waals surface area (Å²) in [5, 5.41) is 2.15. The first-order valence-corrected chi connectivity index (χ1v) is 9.68. The molecule has 1 heterocycles. The summed E-state index contributed by atoms with van der Waals surface area (Å²) >= 11 is 0.787. The van der Waals surface area contributed by atoms with Gasteiger partial charge in [0.2, 0.25) is 5.91 Å². The van der Waals surface area contributed by atoms with Gasteiger partial charge in [0.1, 0.15) is 24.7 Å². The van der Waals surface area contributed by atoms with Crippen LogP contribution < -0.4 is 14.8 Å². The molecule has 1 N–H and O–H groups in total. The number of nitrogens with zero attached hydrogens (tertiary/aromatic N) is 1. The summed E-state index contributed by atoms with van der Waals surface area (Å²) < 4.78 is 10.5. The van der Waals surface area contributed by atoms with Crippen molar-refractivity contribution in [2.24, 2.45) is 0 Å². The van der Waals surface area contributed by atoms with E-state index in [1.54, 1.807) is 54.6 Å². The highest BCUT2D eigenvalue weighted by Crippen LogP contribution is 2.32. The van der Waals surface area contributed by atoms with Gasteiger partial charge in [-0.1, -0.05) is 30.2 Å². The number of benzene rings is 2. The van der Waals surface area contributed by atoms with Crippen LogP contribution in [0.5, 0.6) is 11.5 Å². The third-order valence-electron chi connectivity index (χ3n) is 4.06. The van der Waals surface area contributed by atoms with E-state index in [0.29, 0.717) is 22.7 Å². The van der Waals surface area contributed by atoms with Crippen molar-refractivity contribution in [1.82, 2.24) is 4.90 Å². The first-order valence-electron chi connectivity index (χ1n) is 8.86. The number of hydrogen-bond donors (Lipinski definition) is 1. The molecule has 3 rings (SSSR count). The molecule has 7 nitrogen and oxygen atoms in total. The summed E-state index contributed by atoms with van der Waals surface area (Å²) in [6, 6.07) is 13.8. The van der Waals surface area contributed by atoms with Gasteiger partial charge in [0.15, 0.2) is 0 Å². The summed E-state index contributed by atoms with van der Waals surface area (Å²) in [4.78, 5) is 38.4. The van der Waals surface area contributed by atoms with Gasteiger partial charge in [-0.25, -0.2) is 0 Å². The molecule has 8 heteroatoms. The Kier molecular flexibility index (Phi) is 6.78. The van der Waals surface area contributed by atoms with Gasteiger partial charge in [0.05, 0.1) is 17.7 Å². The standard InChI is InChI=1S/C22H18N2O5S/c1-3-12-29-16-10-8-15(9-11-16)13-19-21(26)24(22(27)30-19)14-20(25)23-17-6-4-5-7-18(17)28-2/h1,4-11,13H,12,14H2,2H3,(H,23,25)/b19-13-. The van der Waals surface area contributed by atoms with Crippen LogP contribution in [0.2, 0.25) is 0 Å². The first kappa shape index (κ1) is 21.0. The van der Waals surface area contributed by atoms with E-state index in [1.165, 1.54) is 7.11 Å². The van der Waals surface area contributed by atoms with E-state index in [1.807, 2.05) is 0 Å². The van der Waals surface area contributed by atoms with Gasteiger partial charge in [-0.3, -0.25) is 19.3 Å². The Hall–Kier alpha value is -3.70. The zero-order valence-electron chi connectivity index (χ0n) is 16.1. The SMILES string of the molecule is C#CCOc1ccc(/C=C2\SC(=O)N(CC(=O)Nc3ccccc3OC)C2=O)cc1. The predicted octanol–water partition coefficient (Wildman–Crippen LogP) is 3.38. The molecule has 3 amide bonds. The number of thioether (sulfide) groups is 1. The number of para-hydroxylation sites is 2. The normalized spacial score (nSPS) is 14.5. The minimum absolute atomic E-state index is 0.162. The molecule has 0 bridgehead atoms. The molecule has 1 aliphatic heterocycles. The van der Waals surface area contributed by atoms with Gasteiger partial charge in [0, 0.05) is 0 Å². The summed E-state index contributed by atoms with van der Waals surface area (Å²) in [5.41, 5.74) is 1.17. The molecule has 1 aliphatic rings. The fraction of sp³-hybridized carbons (Fsp3) is 0.136. The average Bonchev–Trinajstić information content (AvgIpc) is 3.01. The fourth-order valence-corrected chi connectivity index (χ4v) is 3.49. The van der Waals surface area contributed by atoms with Gasteiger partial charge in [-0.15, -0.1) is 6.42 Å². The van der Waals surface area contributed by atoms with Crippen LogP contribution in [-0.4, -0.2) is 42.2 Å². The van der Waals surface area contributed by atoms with Crippen LogP contribution in [0, 0.1) is 12.3 Å². The van der Waals surface area contributed by atoms with E-state index in [9.17, 15) is 14.4 Å². The first-order chi connectivity index (χ1) is 14.5. The monoisotopic (exact) mass is 422 g/mol. The highest BCUT2D eigenvalue weighted by atomic mass is 32.2. The number of amides is 3. The molecule has 1 fully saturated rings. The Morgan fingerprint density at radius 2 is 1.93 bits per heavy atom. The van der Waals surface area contributed by atoms with E-state index < -0.39 is 17.1 Å². The van der Waals surface area contributed by atoms with E-state index in [2.05, 4.69) is 11.2 Å². The molecule has 30 heavy (non-hydrogen) atoms. The van der Waals surface area contributed by atoms with Gasteiger partial charge in [-0.2, -0.15) is 0 Å². The van der Waals surface area contributed by atoms with E-state index in [-0.39, 0.29) is 18.1 Å². The van der Waals surface area contributed by atoms with Crippen LogP contribution in [0.4, 0.5) is 10.5 Å². The maximum Gasteiger partial charge on any atom is 0.294 e. The molecule has 2 aromatic carbocycles. The van der Waals surface area contributed by atoms with Gasteiger partial charge < -0.3 is 14.8 Å². The zero-order chi connectivity index (χ0) is 21.5. The Bertz CT molecular complexity index is 1040. The Morgan fingerprint density at radius 1 is 1.20 bits per heavy atom. The van der Waals surface area contributed by atoms with E-state index in [0.717, 1.165) is 16.7 Å². The second-order valence-electron chi connectivity index (χ2n) is 6.08. The molecule has 0 aliphatic carbocycles. The number of carbonyl (C=O) groups is 3. The number of methoxy groups -OCH3 is 1. The van der Waals surface area contributed by atoms with Crippen LogP contribution >= 0.6 is 11.8 Å². The van der Waals surface area contributed by atoms with Gasteiger partial charge in [-0.05, 0) is 47.7 Å². The third kappa shape index (κ3) is 5.01. The quantitative estimate of drug-likeness (QED) is 0.544. The van der Waals surface area contributed by atoms with Gasteiger partial charge >= 0.3 is 0 Å². The average molecular weight is 422 g/mol. The highest BCUT2D eigenvalue weighted by molar-refractivity contribution is 8.18. The van der Waals surface area contributed by atoms with Crippen LogP contribution in [0.25, 0.3) is 6.08 Å². The fourth-order valence-electron chi connectivity index (χ4n) is 2.65. The lowest BCUT2D eigenvalue weighted by Gasteiger charge is -2.14. The molecule has 0 radical (unpaired) electrons. The molecule has 152 valence electrons. The minimum atomic E-state index is -0.521. The van der Waals surface area contributed by atoms with Crippen LogP contribution in [0.3, 0.4) is 0 Å². The summed E-state index contributed by atoms with van der Waals surface area (Å²) in [5.74, 6) is 2.44. The Morgan fingerprint density at radius 3 is 2.63 bits per heavy atom. The largest absolute Gasteiger partial charge is 0.495 e. The molecular formula is C22H18N2O5S. The smallest absolute Gasteiger partial charge is 0.294 e. The Balaban J connectivity index is 1.66. The molecule has 2 aromatic rings. The molecular weight excluding hydrogens is 404 g/mol. The minimum Gasteiger partial charge on any atom is -0.495 e. The number of anilines is 1. The summed E-state index contributed by atoms with van der Waals surface area (Å²) in [6.07, 6.45) is 6.74. The van der Waals surface area contributed by atoms with Crippen molar-refractivity contribution in [2.45, 2.75) is 0 Å². The summed E-state index contributed by atoms with van der Waals surface area (Å²) in [7, 11) is 1.49. The van der Waals surface area contributed by atoms with Gasteiger partial charge in [0.25, 0.3) is 11.1 Å². The zero-order valence-corrected chi connectivity index (χ0v) is 16.9. The van der Waals surface area contributed by atoms with Crippen molar-refractivity contribution >= 4 is 40.6 Å². The number of imide groups is 1. The number of carbonyl (C=O) groups excluding carboxylic acids is 3. The number of rotatable bonds is 7. The number of ether oxygens (including phenoxy) is 2. The Labute approximate surface area is 178 Å². The molecule has 0 atom stereocenters. The second kappa shape index (κ2) is 9.67. The maximum absolute atomic E-state index is 12.6. The maximum atomic E-state index is 12.6. The predicted molar refractivity (Wildman–Crippen MR) is 115 cm³/mol. The molecule has 0 saturated carbocycles. The molecule has 0 spiro atoms. The second-order valence-corrected chi connectivity index (χ2v) is 7.07. The van der Waals surface area contributed by atoms with Crippen LogP contribution in [-0.2, 0) is 9.59 Å².